The van der Waals surface area contributed by atoms with Crippen molar-refractivity contribution in [2.24, 2.45) is 0 Å². The smallest absolute Gasteiger partial charge is 0.241 e. The third kappa shape index (κ3) is 6.27. The van der Waals surface area contributed by atoms with Crippen LogP contribution < -0.4 is 24.2 Å². The molecule has 0 fully saturated rings. The van der Waals surface area contributed by atoms with Gasteiger partial charge >= 0.3 is 0 Å². The first kappa shape index (κ1) is 25.1. The molecule has 3 aromatic rings. The molecule has 0 heterocycles. The first-order chi connectivity index (χ1) is 16.4. The molecule has 0 spiro atoms. The Morgan fingerprint density at radius 2 is 1.47 bits per heavy atom. The number of hydrogen-bond acceptors (Lipinski definition) is 6. The summed E-state index contributed by atoms with van der Waals surface area (Å²) in [6.45, 7) is 0.187. The zero-order valence-corrected chi connectivity index (χ0v) is 20.1. The van der Waals surface area contributed by atoms with Gasteiger partial charge in [-0.05, 0) is 30.2 Å². The number of carbonyl (C=O) groups excluding carboxylic acids is 1. The maximum Gasteiger partial charge on any atom is 0.241 e. The monoisotopic (exact) mass is 484 g/mol. The highest BCUT2D eigenvalue weighted by atomic mass is 32.2. The first-order valence-corrected chi connectivity index (χ1v) is 12.0. The second-order valence-corrected chi connectivity index (χ2v) is 9.12. The van der Waals surface area contributed by atoms with E-state index in [0.717, 1.165) is 11.1 Å². The van der Waals surface area contributed by atoms with Gasteiger partial charge in [-0.2, -0.15) is 4.72 Å². The van der Waals surface area contributed by atoms with E-state index in [9.17, 15) is 13.2 Å². The van der Waals surface area contributed by atoms with E-state index >= 15 is 0 Å². The van der Waals surface area contributed by atoms with Crippen LogP contribution in [0.15, 0.2) is 77.7 Å². The highest BCUT2D eigenvalue weighted by molar-refractivity contribution is 7.89. The number of carbonyl (C=O) groups is 1. The molecule has 3 aromatic carbocycles. The Hall–Kier alpha value is -3.56. The minimum absolute atomic E-state index is 0.0410. The van der Waals surface area contributed by atoms with Crippen LogP contribution in [0.4, 0.5) is 0 Å². The van der Waals surface area contributed by atoms with E-state index in [2.05, 4.69) is 10.0 Å². The van der Waals surface area contributed by atoms with Gasteiger partial charge in [0, 0.05) is 18.2 Å². The van der Waals surface area contributed by atoms with Gasteiger partial charge in [-0.15, -0.1) is 0 Å². The van der Waals surface area contributed by atoms with Crippen LogP contribution in [0.1, 0.15) is 11.1 Å². The molecule has 8 nitrogen and oxygen atoms in total. The topological polar surface area (TPSA) is 103 Å². The lowest BCUT2D eigenvalue weighted by Gasteiger charge is -2.20. The fraction of sp³-hybridized carbons (Fsp3) is 0.240. The molecule has 34 heavy (non-hydrogen) atoms. The molecule has 0 aromatic heterocycles. The summed E-state index contributed by atoms with van der Waals surface area (Å²) >= 11 is 0. The SMILES string of the molecule is COc1ccccc1CNC(=O)[C@@H](Cc1ccccc1)NS(=O)(=O)c1ccc(OC)c(OC)c1. The largest absolute Gasteiger partial charge is 0.496 e. The van der Waals surface area contributed by atoms with Crippen LogP contribution in [0.5, 0.6) is 17.2 Å². The van der Waals surface area contributed by atoms with Crippen LogP contribution >= 0.6 is 0 Å². The summed E-state index contributed by atoms with van der Waals surface area (Å²) in [5.41, 5.74) is 1.59. The first-order valence-electron chi connectivity index (χ1n) is 10.6. The Labute approximate surface area is 199 Å². The average molecular weight is 485 g/mol. The Balaban J connectivity index is 1.84. The van der Waals surface area contributed by atoms with Crippen molar-refractivity contribution in [1.82, 2.24) is 10.0 Å². The number of amides is 1. The van der Waals surface area contributed by atoms with Gasteiger partial charge in [-0.3, -0.25) is 4.79 Å². The minimum Gasteiger partial charge on any atom is -0.496 e. The van der Waals surface area contributed by atoms with Gasteiger partial charge in [-0.1, -0.05) is 48.5 Å². The Bertz CT molecular complexity index is 1220. The molecule has 0 radical (unpaired) electrons. The second-order valence-electron chi connectivity index (χ2n) is 7.41. The van der Waals surface area contributed by atoms with E-state index in [0.29, 0.717) is 11.5 Å². The van der Waals surface area contributed by atoms with Gasteiger partial charge in [0.2, 0.25) is 15.9 Å². The van der Waals surface area contributed by atoms with Gasteiger partial charge in [0.25, 0.3) is 0 Å². The number of hydrogen-bond donors (Lipinski definition) is 2. The van der Waals surface area contributed by atoms with E-state index in [1.807, 2.05) is 48.5 Å². The average Bonchev–Trinajstić information content (AvgIpc) is 2.87. The lowest BCUT2D eigenvalue weighted by atomic mass is 10.1. The third-order valence-electron chi connectivity index (χ3n) is 5.21. The van der Waals surface area contributed by atoms with Crippen LogP contribution in [0.2, 0.25) is 0 Å². The van der Waals surface area contributed by atoms with Crippen molar-refractivity contribution in [2.75, 3.05) is 21.3 Å². The molecule has 3 rings (SSSR count). The van der Waals surface area contributed by atoms with Crippen molar-refractivity contribution < 1.29 is 27.4 Å². The molecule has 2 N–H and O–H groups in total. The van der Waals surface area contributed by atoms with Crippen LogP contribution in [0, 0.1) is 0 Å². The summed E-state index contributed by atoms with van der Waals surface area (Å²) in [6, 6.07) is 19.7. The van der Waals surface area contributed by atoms with Gasteiger partial charge in [-0.25, -0.2) is 8.42 Å². The van der Waals surface area contributed by atoms with Crippen LogP contribution in [0.25, 0.3) is 0 Å². The van der Waals surface area contributed by atoms with Crippen molar-refractivity contribution in [3.05, 3.63) is 83.9 Å². The zero-order chi connectivity index (χ0) is 24.6. The molecule has 9 heteroatoms. The molecule has 1 atom stereocenters. The maximum absolute atomic E-state index is 13.2. The van der Waals surface area contributed by atoms with E-state index in [-0.39, 0.29) is 23.6 Å². The highest BCUT2D eigenvalue weighted by Gasteiger charge is 2.27. The molecule has 1 amide bonds. The van der Waals surface area contributed by atoms with Crippen molar-refractivity contribution >= 4 is 15.9 Å². The van der Waals surface area contributed by atoms with Gasteiger partial charge in [0.1, 0.15) is 11.8 Å². The summed E-state index contributed by atoms with van der Waals surface area (Å²) in [5.74, 6) is 0.842. The molecule has 180 valence electrons. The molecular formula is C25H28N2O6S. The summed E-state index contributed by atoms with van der Waals surface area (Å²) < 4.78 is 44.6. The lowest BCUT2D eigenvalue weighted by Crippen LogP contribution is -2.47. The van der Waals surface area contributed by atoms with Crippen molar-refractivity contribution in [3.63, 3.8) is 0 Å². The van der Waals surface area contributed by atoms with Crippen LogP contribution in [0.3, 0.4) is 0 Å². The van der Waals surface area contributed by atoms with E-state index in [4.69, 9.17) is 14.2 Å². The number of nitrogens with one attached hydrogen (secondary N) is 2. The molecule has 0 aliphatic rings. The lowest BCUT2D eigenvalue weighted by molar-refractivity contribution is -0.122. The molecule has 0 aliphatic carbocycles. The number of sulfonamides is 1. The Morgan fingerprint density at radius 3 is 2.15 bits per heavy atom. The Morgan fingerprint density at radius 1 is 0.824 bits per heavy atom. The zero-order valence-electron chi connectivity index (χ0n) is 19.3. The predicted octanol–water partition coefficient (Wildman–Crippen LogP) is 2.92. The number of ether oxygens (including phenoxy) is 3. The number of methoxy groups -OCH3 is 3. The normalized spacial score (nSPS) is 12.0. The Kier molecular flexibility index (Phi) is 8.50. The molecule has 0 unspecified atom stereocenters. The van der Waals surface area contributed by atoms with Gasteiger partial charge < -0.3 is 19.5 Å². The van der Waals surface area contributed by atoms with Crippen LogP contribution in [-0.2, 0) is 27.8 Å². The summed E-state index contributed by atoms with van der Waals surface area (Å²) in [6.07, 6.45) is 0.172. The van der Waals surface area contributed by atoms with Gasteiger partial charge in [0.05, 0.1) is 26.2 Å². The molecule has 0 saturated heterocycles. The van der Waals surface area contributed by atoms with Crippen molar-refractivity contribution in [3.8, 4) is 17.2 Å². The molecular weight excluding hydrogens is 456 g/mol. The van der Waals surface area contributed by atoms with E-state index in [1.165, 1.54) is 32.4 Å². The fourth-order valence-corrected chi connectivity index (χ4v) is 4.64. The van der Waals surface area contributed by atoms with E-state index in [1.54, 1.807) is 13.2 Å². The predicted molar refractivity (Wildman–Crippen MR) is 129 cm³/mol. The summed E-state index contributed by atoms with van der Waals surface area (Å²) in [4.78, 5) is 13.1. The quantitative estimate of drug-likeness (QED) is 0.434. The molecule has 0 bridgehead atoms. The standard InChI is InChI=1S/C25H28N2O6S/c1-31-22-12-8-7-11-19(22)17-26-25(28)21(15-18-9-5-4-6-10-18)27-34(29,30)20-13-14-23(32-2)24(16-20)33-3/h4-14,16,21,27H,15,17H2,1-3H3,(H,26,28)/t21-/m1/s1. The number of rotatable bonds is 11. The summed E-state index contributed by atoms with van der Waals surface area (Å²) in [7, 11) is 0.389. The fourth-order valence-electron chi connectivity index (χ4n) is 3.43. The molecule has 0 saturated carbocycles. The number of para-hydroxylation sites is 1. The highest BCUT2D eigenvalue weighted by Crippen LogP contribution is 2.29. The van der Waals surface area contributed by atoms with Crippen LogP contribution in [-0.4, -0.2) is 41.7 Å². The minimum atomic E-state index is -4.05. The number of benzene rings is 3. The van der Waals surface area contributed by atoms with Gasteiger partial charge in [0.15, 0.2) is 11.5 Å². The molecule has 0 aliphatic heterocycles. The second kappa shape index (κ2) is 11.5. The third-order valence-corrected chi connectivity index (χ3v) is 6.68. The van der Waals surface area contributed by atoms with Crippen molar-refractivity contribution in [1.29, 1.82) is 0 Å². The maximum atomic E-state index is 13.2. The van der Waals surface area contributed by atoms with Crippen molar-refractivity contribution in [2.45, 2.75) is 23.9 Å². The summed E-state index contributed by atoms with van der Waals surface area (Å²) in [5, 5.41) is 2.82. The van der Waals surface area contributed by atoms with E-state index < -0.39 is 22.0 Å².